The van der Waals surface area contributed by atoms with E-state index in [0.717, 1.165) is 11.3 Å². The third kappa shape index (κ3) is 2.90. The molecule has 0 aliphatic heterocycles. The van der Waals surface area contributed by atoms with E-state index in [4.69, 9.17) is 9.84 Å². The van der Waals surface area contributed by atoms with Crippen LogP contribution in [0.4, 0.5) is 0 Å². The van der Waals surface area contributed by atoms with E-state index in [2.05, 4.69) is 13.0 Å². The molecule has 0 aliphatic carbocycles. The van der Waals surface area contributed by atoms with E-state index in [1.54, 1.807) is 35.6 Å². The minimum Gasteiger partial charge on any atom is -0.487 e. The number of hydrogen-bond acceptors (Lipinski definition) is 3. The predicted octanol–water partition coefficient (Wildman–Crippen LogP) is 3.59. The third-order valence-electron chi connectivity index (χ3n) is 2.55. The van der Waals surface area contributed by atoms with Crippen molar-refractivity contribution in [3.63, 3.8) is 0 Å². The van der Waals surface area contributed by atoms with E-state index in [1.807, 2.05) is 6.07 Å². The lowest BCUT2D eigenvalue weighted by Crippen LogP contribution is -2.02. The Labute approximate surface area is 110 Å². The van der Waals surface area contributed by atoms with Gasteiger partial charge in [0, 0.05) is 9.75 Å². The Kier molecular flexibility index (Phi) is 3.99. The number of aryl methyl sites for hydroxylation is 1. The molecule has 0 fully saturated rings. The van der Waals surface area contributed by atoms with Gasteiger partial charge in [-0.1, -0.05) is 19.1 Å². The lowest BCUT2D eigenvalue weighted by molar-refractivity contribution is 0.0692. The van der Waals surface area contributed by atoms with E-state index < -0.39 is 5.97 Å². The molecule has 0 aliphatic rings. The second-order valence-corrected chi connectivity index (χ2v) is 5.06. The molecule has 1 heterocycles. The van der Waals surface area contributed by atoms with Crippen LogP contribution in [-0.2, 0) is 13.0 Å². The van der Waals surface area contributed by atoms with Gasteiger partial charge in [-0.3, -0.25) is 0 Å². The summed E-state index contributed by atoms with van der Waals surface area (Å²) in [5.74, 6) is -0.553. The largest absolute Gasteiger partial charge is 0.487 e. The molecule has 2 aromatic rings. The molecule has 0 spiro atoms. The zero-order valence-electron chi connectivity index (χ0n) is 10.1. The van der Waals surface area contributed by atoms with Gasteiger partial charge in [-0.25, -0.2) is 4.79 Å². The molecule has 1 N–H and O–H groups in total. The van der Waals surface area contributed by atoms with Crippen molar-refractivity contribution in [2.75, 3.05) is 0 Å². The SMILES string of the molecule is CCc1ccc(COc2ccccc2C(=O)O)s1. The van der Waals surface area contributed by atoms with Gasteiger partial charge in [0.1, 0.15) is 17.9 Å². The maximum absolute atomic E-state index is 11.0. The lowest BCUT2D eigenvalue weighted by atomic mass is 10.2. The zero-order chi connectivity index (χ0) is 13.0. The second-order valence-electron chi connectivity index (χ2n) is 3.81. The normalized spacial score (nSPS) is 10.3. The lowest BCUT2D eigenvalue weighted by Gasteiger charge is -2.07. The average Bonchev–Trinajstić information content (AvgIpc) is 2.84. The Morgan fingerprint density at radius 3 is 2.61 bits per heavy atom. The average molecular weight is 262 g/mol. The molecule has 18 heavy (non-hydrogen) atoms. The van der Waals surface area contributed by atoms with Crippen molar-refractivity contribution in [2.24, 2.45) is 0 Å². The number of aromatic carboxylic acids is 1. The number of ether oxygens (including phenoxy) is 1. The number of carboxylic acid groups (broad SMARTS) is 1. The maximum Gasteiger partial charge on any atom is 0.339 e. The first-order valence-electron chi connectivity index (χ1n) is 5.73. The van der Waals surface area contributed by atoms with Gasteiger partial charge in [0.15, 0.2) is 0 Å². The molecule has 0 unspecified atom stereocenters. The minimum atomic E-state index is -0.967. The van der Waals surface area contributed by atoms with Gasteiger partial charge in [-0.05, 0) is 30.7 Å². The van der Waals surface area contributed by atoms with Crippen LogP contribution in [0.2, 0.25) is 0 Å². The molecule has 4 heteroatoms. The number of rotatable bonds is 5. The first kappa shape index (κ1) is 12.6. The number of carbonyl (C=O) groups is 1. The molecule has 0 bridgehead atoms. The summed E-state index contributed by atoms with van der Waals surface area (Å²) in [6.45, 7) is 2.52. The summed E-state index contributed by atoms with van der Waals surface area (Å²) in [5.41, 5.74) is 0.199. The van der Waals surface area contributed by atoms with Gasteiger partial charge in [-0.2, -0.15) is 0 Å². The van der Waals surface area contributed by atoms with Crippen molar-refractivity contribution < 1.29 is 14.6 Å². The number of hydrogen-bond donors (Lipinski definition) is 1. The Bertz CT molecular complexity index is 545. The van der Waals surface area contributed by atoms with Crippen molar-refractivity contribution >= 4 is 17.3 Å². The monoisotopic (exact) mass is 262 g/mol. The van der Waals surface area contributed by atoms with E-state index >= 15 is 0 Å². The Balaban J connectivity index is 2.08. The van der Waals surface area contributed by atoms with Gasteiger partial charge in [0.05, 0.1) is 0 Å². The highest BCUT2D eigenvalue weighted by molar-refractivity contribution is 7.11. The van der Waals surface area contributed by atoms with Crippen molar-refractivity contribution in [2.45, 2.75) is 20.0 Å². The van der Waals surface area contributed by atoms with Crippen LogP contribution < -0.4 is 4.74 Å². The summed E-state index contributed by atoms with van der Waals surface area (Å²) in [4.78, 5) is 13.4. The molecule has 0 radical (unpaired) electrons. The fraction of sp³-hybridized carbons (Fsp3) is 0.214. The smallest absolute Gasteiger partial charge is 0.339 e. The van der Waals surface area contributed by atoms with Gasteiger partial charge < -0.3 is 9.84 Å². The number of benzene rings is 1. The van der Waals surface area contributed by atoms with Gasteiger partial charge in [0.25, 0.3) is 0 Å². The molecule has 0 saturated carbocycles. The van der Waals surface area contributed by atoms with Crippen molar-refractivity contribution in [1.82, 2.24) is 0 Å². The van der Waals surface area contributed by atoms with Crippen molar-refractivity contribution in [3.05, 3.63) is 51.7 Å². The number of carboxylic acids is 1. The number of thiophene rings is 1. The Morgan fingerprint density at radius 2 is 1.94 bits per heavy atom. The summed E-state index contributed by atoms with van der Waals surface area (Å²) >= 11 is 1.69. The highest BCUT2D eigenvalue weighted by Gasteiger charge is 2.10. The molecular weight excluding hydrogens is 248 g/mol. The zero-order valence-corrected chi connectivity index (χ0v) is 10.9. The van der Waals surface area contributed by atoms with Crippen LogP contribution in [0.3, 0.4) is 0 Å². The quantitative estimate of drug-likeness (QED) is 0.895. The summed E-state index contributed by atoms with van der Waals surface area (Å²) < 4.78 is 5.57. The summed E-state index contributed by atoms with van der Waals surface area (Å²) in [7, 11) is 0. The highest BCUT2D eigenvalue weighted by Crippen LogP contribution is 2.22. The number of para-hydroxylation sites is 1. The van der Waals surface area contributed by atoms with Gasteiger partial charge >= 0.3 is 5.97 Å². The molecule has 0 amide bonds. The molecule has 1 aromatic heterocycles. The molecule has 3 nitrogen and oxygen atoms in total. The van der Waals surface area contributed by atoms with Crippen LogP contribution in [0.5, 0.6) is 5.75 Å². The topological polar surface area (TPSA) is 46.5 Å². The highest BCUT2D eigenvalue weighted by atomic mass is 32.1. The van der Waals surface area contributed by atoms with Gasteiger partial charge in [0.2, 0.25) is 0 Å². The van der Waals surface area contributed by atoms with E-state index in [0.29, 0.717) is 12.4 Å². The van der Waals surface area contributed by atoms with Crippen LogP contribution in [-0.4, -0.2) is 11.1 Å². The Hall–Kier alpha value is -1.81. The first-order valence-corrected chi connectivity index (χ1v) is 6.55. The van der Waals surface area contributed by atoms with Gasteiger partial charge in [-0.15, -0.1) is 11.3 Å². The Morgan fingerprint density at radius 1 is 1.22 bits per heavy atom. The second kappa shape index (κ2) is 5.69. The van der Waals surface area contributed by atoms with Crippen LogP contribution in [0.25, 0.3) is 0 Å². The predicted molar refractivity (Wildman–Crippen MR) is 71.4 cm³/mol. The van der Waals surface area contributed by atoms with Crippen molar-refractivity contribution in [3.8, 4) is 5.75 Å². The summed E-state index contributed by atoms with van der Waals surface area (Å²) in [5, 5.41) is 9.03. The maximum atomic E-state index is 11.0. The van der Waals surface area contributed by atoms with E-state index in [-0.39, 0.29) is 5.56 Å². The molecular formula is C14H14O3S. The van der Waals surface area contributed by atoms with Crippen molar-refractivity contribution in [1.29, 1.82) is 0 Å². The van der Waals surface area contributed by atoms with Crippen LogP contribution in [0, 0.1) is 0 Å². The fourth-order valence-electron chi connectivity index (χ4n) is 1.61. The molecule has 2 rings (SSSR count). The summed E-state index contributed by atoms with van der Waals surface area (Å²) in [6.07, 6.45) is 1.01. The molecule has 0 atom stereocenters. The standard InChI is InChI=1S/C14H14O3S/c1-2-10-7-8-11(18-10)9-17-13-6-4-3-5-12(13)14(15)16/h3-8H,2,9H2,1H3,(H,15,16). The van der Waals surface area contributed by atoms with E-state index in [1.165, 1.54) is 4.88 Å². The molecule has 94 valence electrons. The van der Waals surface area contributed by atoms with Crippen LogP contribution in [0.15, 0.2) is 36.4 Å². The van der Waals surface area contributed by atoms with E-state index in [9.17, 15) is 4.79 Å². The first-order chi connectivity index (χ1) is 8.70. The van der Waals surface area contributed by atoms with Crippen LogP contribution >= 0.6 is 11.3 Å². The molecule has 1 aromatic carbocycles. The third-order valence-corrected chi connectivity index (χ3v) is 3.76. The summed E-state index contributed by atoms with van der Waals surface area (Å²) in [6, 6.07) is 10.8. The van der Waals surface area contributed by atoms with Crippen LogP contribution in [0.1, 0.15) is 27.0 Å². The molecule has 0 saturated heterocycles. The minimum absolute atomic E-state index is 0.199. The fourth-order valence-corrected chi connectivity index (χ4v) is 2.48.